The third-order valence-electron chi connectivity index (χ3n) is 3.81. The van der Waals surface area contributed by atoms with E-state index in [-0.39, 0.29) is 12.2 Å². The predicted octanol–water partition coefficient (Wildman–Crippen LogP) is 3.76. The van der Waals surface area contributed by atoms with Crippen LogP contribution in [0.25, 0.3) is 0 Å². The van der Waals surface area contributed by atoms with Crippen LogP contribution in [-0.4, -0.2) is 25.8 Å². The molecule has 2 aromatic rings. The lowest BCUT2D eigenvalue weighted by atomic mass is 10.0. The number of nitrogens with one attached hydrogen (secondary N) is 1. The Kier molecular flexibility index (Phi) is 4.98. The number of aryl methyl sites for hydroxylation is 1. The molecule has 2 aromatic carbocycles. The minimum absolute atomic E-state index is 0.00812. The molecule has 2 atom stereocenters. The maximum atomic E-state index is 6.30. The lowest BCUT2D eigenvalue weighted by Crippen LogP contribution is -2.43. The molecule has 1 saturated heterocycles. The van der Waals surface area contributed by atoms with Crippen LogP contribution in [0.15, 0.2) is 48.5 Å². The van der Waals surface area contributed by atoms with Crippen molar-refractivity contribution < 1.29 is 9.47 Å². The van der Waals surface area contributed by atoms with Gasteiger partial charge in [0.15, 0.2) is 6.10 Å². The average molecular weight is 318 g/mol. The van der Waals surface area contributed by atoms with Gasteiger partial charge in [0.2, 0.25) is 0 Å². The van der Waals surface area contributed by atoms with Crippen molar-refractivity contribution in [3.8, 4) is 5.75 Å². The molecule has 3 rings (SSSR count). The minimum atomic E-state index is -0.145. The van der Waals surface area contributed by atoms with E-state index >= 15 is 0 Å². The van der Waals surface area contributed by atoms with Crippen LogP contribution in [0.1, 0.15) is 17.2 Å². The van der Waals surface area contributed by atoms with Crippen molar-refractivity contribution in [2.45, 2.75) is 19.1 Å². The third kappa shape index (κ3) is 3.61. The maximum absolute atomic E-state index is 6.30. The Balaban J connectivity index is 1.87. The van der Waals surface area contributed by atoms with E-state index in [1.807, 2.05) is 43.3 Å². The van der Waals surface area contributed by atoms with Gasteiger partial charge < -0.3 is 14.8 Å². The largest absolute Gasteiger partial charge is 0.483 e. The van der Waals surface area contributed by atoms with Gasteiger partial charge in [-0.3, -0.25) is 0 Å². The smallest absolute Gasteiger partial charge is 0.151 e. The van der Waals surface area contributed by atoms with Gasteiger partial charge in [0, 0.05) is 18.1 Å². The molecule has 0 aromatic heterocycles. The van der Waals surface area contributed by atoms with E-state index in [1.54, 1.807) is 0 Å². The summed E-state index contributed by atoms with van der Waals surface area (Å²) in [4.78, 5) is 0. The Morgan fingerprint density at radius 1 is 1.23 bits per heavy atom. The second kappa shape index (κ2) is 7.14. The van der Waals surface area contributed by atoms with Crippen LogP contribution in [0.2, 0.25) is 5.02 Å². The first-order valence-corrected chi connectivity index (χ1v) is 7.92. The molecule has 3 nitrogen and oxygen atoms in total. The van der Waals surface area contributed by atoms with E-state index in [9.17, 15) is 0 Å². The van der Waals surface area contributed by atoms with Crippen LogP contribution in [0.3, 0.4) is 0 Å². The van der Waals surface area contributed by atoms with E-state index < -0.39 is 0 Å². The van der Waals surface area contributed by atoms with Crippen LogP contribution in [0.4, 0.5) is 0 Å². The molecule has 1 aliphatic rings. The van der Waals surface area contributed by atoms with Crippen molar-refractivity contribution in [1.29, 1.82) is 0 Å². The highest BCUT2D eigenvalue weighted by molar-refractivity contribution is 6.30. The van der Waals surface area contributed by atoms with Gasteiger partial charge in [0.1, 0.15) is 11.9 Å². The third-order valence-corrected chi connectivity index (χ3v) is 4.05. The fourth-order valence-corrected chi connectivity index (χ4v) is 2.89. The Morgan fingerprint density at radius 3 is 2.73 bits per heavy atom. The first kappa shape index (κ1) is 15.3. The van der Waals surface area contributed by atoms with Gasteiger partial charge in [-0.25, -0.2) is 0 Å². The number of hydrogen-bond acceptors (Lipinski definition) is 3. The standard InChI is InChI=1S/C18H20ClNO2/c1-13-11-15(19)7-8-16(13)22-18(14-5-3-2-4-6-14)17-12-20-9-10-21-17/h2-8,11,17-18,20H,9-10,12H2,1H3. The number of ether oxygens (including phenoxy) is 2. The molecule has 0 bridgehead atoms. The molecule has 0 spiro atoms. The van der Waals surface area contributed by atoms with Crippen molar-refractivity contribution in [1.82, 2.24) is 5.32 Å². The molecule has 1 N–H and O–H groups in total. The van der Waals surface area contributed by atoms with Gasteiger partial charge in [0.05, 0.1) is 6.61 Å². The second-order valence-electron chi connectivity index (χ2n) is 5.47. The molecule has 1 fully saturated rings. The highest BCUT2D eigenvalue weighted by Crippen LogP contribution is 2.30. The molecular weight excluding hydrogens is 298 g/mol. The summed E-state index contributed by atoms with van der Waals surface area (Å²) in [5.74, 6) is 0.840. The predicted molar refractivity (Wildman–Crippen MR) is 88.6 cm³/mol. The van der Waals surface area contributed by atoms with E-state index in [2.05, 4.69) is 17.4 Å². The molecule has 0 amide bonds. The van der Waals surface area contributed by atoms with Gasteiger partial charge in [-0.2, -0.15) is 0 Å². The molecule has 0 saturated carbocycles. The maximum Gasteiger partial charge on any atom is 0.151 e. The van der Waals surface area contributed by atoms with Crippen molar-refractivity contribution in [2.75, 3.05) is 19.7 Å². The summed E-state index contributed by atoms with van der Waals surface area (Å²) in [6.07, 6.45) is -0.153. The molecule has 0 aliphatic carbocycles. The summed E-state index contributed by atoms with van der Waals surface area (Å²) >= 11 is 6.03. The Bertz CT molecular complexity index is 612. The number of morpholine rings is 1. The summed E-state index contributed by atoms with van der Waals surface area (Å²) in [6, 6.07) is 15.9. The van der Waals surface area contributed by atoms with Crippen LogP contribution in [0.5, 0.6) is 5.75 Å². The van der Waals surface area contributed by atoms with Crippen LogP contribution >= 0.6 is 11.6 Å². The second-order valence-corrected chi connectivity index (χ2v) is 5.91. The highest BCUT2D eigenvalue weighted by Gasteiger charge is 2.28. The van der Waals surface area contributed by atoms with E-state index in [0.29, 0.717) is 6.61 Å². The summed E-state index contributed by atoms with van der Waals surface area (Å²) in [7, 11) is 0. The molecule has 1 heterocycles. The molecular formula is C18H20ClNO2. The normalized spacial score (nSPS) is 19.6. The molecule has 2 unspecified atom stereocenters. The zero-order chi connectivity index (χ0) is 15.4. The summed E-state index contributed by atoms with van der Waals surface area (Å²) < 4.78 is 12.2. The van der Waals surface area contributed by atoms with Crippen molar-refractivity contribution in [3.05, 3.63) is 64.7 Å². The zero-order valence-corrected chi connectivity index (χ0v) is 13.3. The number of rotatable bonds is 4. The SMILES string of the molecule is Cc1cc(Cl)ccc1OC(c1ccccc1)C1CNCCO1. The highest BCUT2D eigenvalue weighted by atomic mass is 35.5. The summed E-state index contributed by atoms with van der Waals surface area (Å²) in [5.41, 5.74) is 2.14. The van der Waals surface area contributed by atoms with Gasteiger partial charge in [-0.15, -0.1) is 0 Å². The lowest BCUT2D eigenvalue weighted by molar-refractivity contribution is -0.0434. The number of halogens is 1. The Labute approximate surface area is 136 Å². The lowest BCUT2D eigenvalue weighted by Gasteiger charge is -2.32. The summed E-state index contributed by atoms with van der Waals surface area (Å²) in [5, 5.41) is 4.09. The van der Waals surface area contributed by atoms with Crippen molar-refractivity contribution >= 4 is 11.6 Å². The van der Waals surface area contributed by atoms with E-state index in [1.165, 1.54) is 0 Å². The van der Waals surface area contributed by atoms with Crippen molar-refractivity contribution in [3.63, 3.8) is 0 Å². The average Bonchev–Trinajstić information content (AvgIpc) is 2.56. The number of benzene rings is 2. The summed E-state index contributed by atoms with van der Waals surface area (Å²) in [6.45, 7) is 4.38. The van der Waals surface area contributed by atoms with Crippen LogP contribution in [-0.2, 0) is 4.74 Å². The van der Waals surface area contributed by atoms with Gasteiger partial charge in [0.25, 0.3) is 0 Å². The number of hydrogen-bond donors (Lipinski definition) is 1. The molecule has 1 aliphatic heterocycles. The zero-order valence-electron chi connectivity index (χ0n) is 12.6. The fourth-order valence-electron chi connectivity index (χ4n) is 2.66. The van der Waals surface area contributed by atoms with Gasteiger partial charge >= 0.3 is 0 Å². The minimum Gasteiger partial charge on any atom is -0.483 e. The topological polar surface area (TPSA) is 30.5 Å². The molecule has 116 valence electrons. The first-order valence-electron chi connectivity index (χ1n) is 7.54. The molecule has 0 radical (unpaired) electrons. The van der Waals surface area contributed by atoms with Crippen LogP contribution in [0, 0.1) is 6.92 Å². The monoisotopic (exact) mass is 317 g/mol. The Hall–Kier alpha value is -1.55. The van der Waals surface area contributed by atoms with Crippen molar-refractivity contribution in [2.24, 2.45) is 0 Å². The fraction of sp³-hybridized carbons (Fsp3) is 0.333. The molecule has 4 heteroatoms. The first-order chi connectivity index (χ1) is 10.7. The Morgan fingerprint density at radius 2 is 2.05 bits per heavy atom. The van der Waals surface area contributed by atoms with Crippen LogP contribution < -0.4 is 10.1 Å². The van der Waals surface area contributed by atoms with Gasteiger partial charge in [-0.1, -0.05) is 41.9 Å². The quantitative estimate of drug-likeness (QED) is 0.931. The molecule has 22 heavy (non-hydrogen) atoms. The van der Waals surface area contributed by atoms with E-state index in [0.717, 1.165) is 35.0 Å². The van der Waals surface area contributed by atoms with Gasteiger partial charge in [-0.05, 0) is 36.2 Å². The van der Waals surface area contributed by atoms with E-state index in [4.69, 9.17) is 21.1 Å².